The van der Waals surface area contributed by atoms with E-state index in [0.29, 0.717) is 18.3 Å². The van der Waals surface area contributed by atoms with E-state index in [1.54, 1.807) is 6.92 Å². The van der Waals surface area contributed by atoms with Crippen molar-refractivity contribution in [2.75, 3.05) is 6.54 Å². The minimum atomic E-state index is 0.260. The monoisotopic (exact) mass is 311 g/mol. The highest BCUT2D eigenvalue weighted by molar-refractivity contribution is 9.10. The van der Waals surface area contributed by atoms with Crippen molar-refractivity contribution in [1.29, 1.82) is 0 Å². The Balaban J connectivity index is 2.01. The van der Waals surface area contributed by atoms with Gasteiger partial charge in [-0.3, -0.25) is 0 Å². The minimum Gasteiger partial charge on any atom is -0.483 e. The van der Waals surface area contributed by atoms with Crippen molar-refractivity contribution in [3.05, 3.63) is 40.0 Å². The second-order valence-corrected chi connectivity index (χ2v) is 4.68. The number of halogens is 1. The van der Waals surface area contributed by atoms with Gasteiger partial charge in [-0.1, -0.05) is 11.2 Å². The van der Waals surface area contributed by atoms with Gasteiger partial charge in [0.1, 0.15) is 5.75 Å². The molecule has 18 heavy (non-hydrogen) atoms. The molecule has 0 aliphatic rings. The molecule has 0 fully saturated rings. The summed E-state index contributed by atoms with van der Waals surface area (Å²) in [6.45, 7) is 2.66. The van der Waals surface area contributed by atoms with E-state index >= 15 is 0 Å². The summed E-state index contributed by atoms with van der Waals surface area (Å²) >= 11 is 3.46. The Bertz CT molecular complexity index is 528. The van der Waals surface area contributed by atoms with Crippen LogP contribution in [0.15, 0.2) is 27.2 Å². The molecule has 96 valence electrons. The molecular weight excluding hydrogens is 298 g/mol. The molecular formula is C12H14BrN3O2. The Morgan fingerprint density at radius 3 is 2.89 bits per heavy atom. The average molecular weight is 312 g/mol. The summed E-state index contributed by atoms with van der Waals surface area (Å²) in [6.07, 6.45) is 0.849. The molecule has 0 unspecified atom stereocenters. The zero-order chi connectivity index (χ0) is 13.0. The number of hydrogen-bond donors (Lipinski definition) is 1. The van der Waals surface area contributed by atoms with E-state index in [9.17, 15) is 0 Å². The predicted molar refractivity (Wildman–Crippen MR) is 70.3 cm³/mol. The van der Waals surface area contributed by atoms with Crippen LogP contribution in [0.2, 0.25) is 0 Å². The highest BCUT2D eigenvalue weighted by atomic mass is 79.9. The summed E-state index contributed by atoms with van der Waals surface area (Å²) in [5.74, 6) is 1.81. The summed E-state index contributed by atoms with van der Waals surface area (Å²) in [4.78, 5) is 4.07. The van der Waals surface area contributed by atoms with Gasteiger partial charge in [0.15, 0.2) is 12.4 Å². The molecule has 0 bridgehead atoms. The van der Waals surface area contributed by atoms with Crippen molar-refractivity contribution in [2.45, 2.75) is 20.0 Å². The van der Waals surface area contributed by atoms with Gasteiger partial charge in [0.2, 0.25) is 0 Å². The lowest BCUT2D eigenvalue weighted by atomic mass is 10.1. The molecule has 0 spiro atoms. The quantitative estimate of drug-likeness (QED) is 0.916. The zero-order valence-corrected chi connectivity index (χ0v) is 11.6. The van der Waals surface area contributed by atoms with E-state index in [4.69, 9.17) is 15.0 Å². The Morgan fingerprint density at radius 1 is 1.44 bits per heavy atom. The largest absolute Gasteiger partial charge is 0.483 e. The van der Waals surface area contributed by atoms with Crippen LogP contribution in [0.4, 0.5) is 0 Å². The molecule has 5 nitrogen and oxygen atoms in total. The van der Waals surface area contributed by atoms with Crippen molar-refractivity contribution in [3.63, 3.8) is 0 Å². The smallest absolute Gasteiger partial charge is 0.264 e. The Kier molecular flexibility index (Phi) is 4.33. The van der Waals surface area contributed by atoms with Gasteiger partial charge in [0.05, 0.1) is 4.47 Å². The van der Waals surface area contributed by atoms with Crippen LogP contribution < -0.4 is 10.5 Å². The predicted octanol–water partition coefficient (Wildman–Crippen LogP) is 2.22. The van der Waals surface area contributed by atoms with Gasteiger partial charge in [-0.25, -0.2) is 0 Å². The number of rotatable bonds is 5. The number of hydrogen-bond acceptors (Lipinski definition) is 5. The molecule has 2 rings (SSSR count). The fourth-order valence-corrected chi connectivity index (χ4v) is 2.06. The second-order valence-electron chi connectivity index (χ2n) is 3.83. The molecule has 6 heteroatoms. The molecule has 1 aromatic carbocycles. The second kappa shape index (κ2) is 5.97. The average Bonchev–Trinajstić information content (AvgIpc) is 2.74. The molecule has 0 saturated heterocycles. The third-order valence-corrected chi connectivity index (χ3v) is 2.97. The van der Waals surface area contributed by atoms with E-state index < -0.39 is 0 Å². The van der Waals surface area contributed by atoms with Crippen LogP contribution in [0.25, 0.3) is 0 Å². The highest BCUT2D eigenvalue weighted by Gasteiger charge is 2.06. The van der Waals surface area contributed by atoms with E-state index in [0.717, 1.165) is 16.6 Å². The van der Waals surface area contributed by atoms with Crippen molar-refractivity contribution >= 4 is 15.9 Å². The van der Waals surface area contributed by atoms with Crippen LogP contribution >= 0.6 is 15.9 Å². The van der Waals surface area contributed by atoms with E-state index in [2.05, 4.69) is 26.1 Å². The zero-order valence-electron chi connectivity index (χ0n) is 10.0. The summed E-state index contributed by atoms with van der Waals surface area (Å²) in [6, 6.07) is 5.89. The number of nitrogens with two attached hydrogens (primary N) is 1. The molecule has 1 aromatic heterocycles. The molecule has 0 aliphatic carbocycles. The summed E-state index contributed by atoms with van der Waals surface area (Å²) < 4.78 is 11.5. The van der Waals surface area contributed by atoms with E-state index in [1.807, 2.05) is 18.2 Å². The first-order valence-electron chi connectivity index (χ1n) is 5.59. The van der Waals surface area contributed by atoms with Crippen LogP contribution in [0, 0.1) is 6.92 Å². The number of ether oxygens (including phenoxy) is 1. The molecule has 0 atom stereocenters. The third kappa shape index (κ3) is 3.30. The van der Waals surface area contributed by atoms with Crippen LogP contribution in [-0.4, -0.2) is 16.7 Å². The maximum absolute atomic E-state index is 5.59. The fraction of sp³-hybridized carbons (Fsp3) is 0.333. The maximum Gasteiger partial charge on any atom is 0.264 e. The van der Waals surface area contributed by atoms with Gasteiger partial charge in [0, 0.05) is 0 Å². The molecule has 0 aliphatic heterocycles. The van der Waals surface area contributed by atoms with Crippen molar-refractivity contribution in [1.82, 2.24) is 10.1 Å². The molecule has 0 amide bonds. The highest BCUT2D eigenvalue weighted by Crippen LogP contribution is 2.26. The van der Waals surface area contributed by atoms with E-state index in [-0.39, 0.29) is 6.61 Å². The standard InChI is InChI=1S/C12H14BrN3O2/c1-8-15-12(18-16-8)7-17-11-3-2-9(4-5-14)6-10(11)13/h2-3,6H,4-5,7,14H2,1H3. The first-order chi connectivity index (χ1) is 8.69. The molecule has 2 N–H and O–H groups in total. The van der Waals surface area contributed by atoms with Crippen LogP contribution in [0.5, 0.6) is 5.75 Å². The molecule has 0 radical (unpaired) electrons. The Morgan fingerprint density at radius 2 is 2.28 bits per heavy atom. The fourth-order valence-electron chi connectivity index (χ4n) is 1.52. The number of nitrogens with zero attached hydrogens (tertiary/aromatic N) is 2. The van der Waals surface area contributed by atoms with Crippen molar-refractivity contribution in [3.8, 4) is 5.75 Å². The molecule has 2 aromatic rings. The van der Waals surface area contributed by atoms with Gasteiger partial charge in [-0.15, -0.1) is 0 Å². The molecule has 1 heterocycles. The SMILES string of the molecule is Cc1noc(COc2ccc(CCN)cc2Br)n1. The van der Waals surface area contributed by atoms with E-state index in [1.165, 1.54) is 5.56 Å². The summed E-state index contributed by atoms with van der Waals surface area (Å²) in [5, 5.41) is 3.70. The normalized spacial score (nSPS) is 10.6. The summed E-state index contributed by atoms with van der Waals surface area (Å²) in [5.41, 5.74) is 6.68. The first-order valence-corrected chi connectivity index (χ1v) is 6.39. The maximum atomic E-state index is 5.59. The van der Waals surface area contributed by atoms with Crippen LogP contribution in [0.3, 0.4) is 0 Å². The van der Waals surface area contributed by atoms with Crippen LogP contribution in [0.1, 0.15) is 17.3 Å². The van der Waals surface area contributed by atoms with Crippen molar-refractivity contribution < 1.29 is 9.26 Å². The van der Waals surface area contributed by atoms with Crippen molar-refractivity contribution in [2.24, 2.45) is 5.73 Å². The minimum absolute atomic E-state index is 0.260. The summed E-state index contributed by atoms with van der Waals surface area (Å²) in [7, 11) is 0. The lowest BCUT2D eigenvalue weighted by molar-refractivity contribution is 0.241. The Labute approximate surface area is 113 Å². The third-order valence-electron chi connectivity index (χ3n) is 2.35. The van der Waals surface area contributed by atoms with Gasteiger partial charge in [-0.2, -0.15) is 4.98 Å². The van der Waals surface area contributed by atoms with Crippen LogP contribution in [-0.2, 0) is 13.0 Å². The van der Waals surface area contributed by atoms with Gasteiger partial charge >= 0.3 is 0 Å². The van der Waals surface area contributed by atoms with Gasteiger partial charge in [0.25, 0.3) is 5.89 Å². The lowest BCUT2D eigenvalue weighted by Gasteiger charge is -2.07. The Hall–Kier alpha value is -1.40. The topological polar surface area (TPSA) is 74.2 Å². The number of benzene rings is 1. The number of aryl methyl sites for hydroxylation is 1. The number of aromatic nitrogens is 2. The molecule has 0 saturated carbocycles. The first kappa shape index (κ1) is 13.0. The van der Waals surface area contributed by atoms with Gasteiger partial charge < -0.3 is 15.0 Å². The lowest BCUT2D eigenvalue weighted by Crippen LogP contribution is -2.03. The van der Waals surface area contributed by atoms with Gasteiger partial charge in [-0.05, 0) is 53.5 Å².